The van der Waals surface area contributed by atoms with E-state index in [0.29, 0.717) is 18.4 Å². The lowest BCUT2D eigenvalue weighted by Crippen LogP contribution is -2.39. The summed E-state index contributed by atoms with van der Waals surface area (Å²) < 4.78 is 29.3. The summed E-state index contributed by atoms with van der Waals surface area (Å²) in [4.78, 5) is 0. The third kappa shape index (κ3) is 2.99. The third-order valence-corrected chi connectivity index (χ3v) is 5.46. The number of benzene rings is 1. The minimum Gasteiger partial charge on any atom is -0.491 e. The van der Waals surface area contributed by atoms with E-state index in [1.807, 2.05) is 13.8 Å². The molecular weight excluding hydrogens is 276 g/mol. The van der Waals surface area contributed by atoms with Gasteiger partial charge in [-0.05, 0) is 50.8 Å². The quantitative estimate of drug-likeness (QED) is 0.926. The molecular formula is C15H22O4S. The van der Waals surface area contributed by atoms with Crippen LogP contribution < -0.4 is 4.74 Å². The van der Waals surface area contributed by atoms with Crippen molar-refractivity contribution in [1.82, 2.24) is 0 Å². The van der Waals surface area contributed by atoms with Gasteiger partial charge in [0.15, 0.2) is 9.84 Å². The molecule has 1 aliphatic rings. The van der Waals surface area contributed by atoms with E-state index in [0.717, 1.165) is 12.2 Å². The van der Waals surface area contributed by atoms with E-state index < -0.39 is 20.7 Å². The lowest BCUT2D eigenvalue weighted by atomic mass is 9.92. The molecule has 20 heavy (non-hydrogen) atoms. The summed E-state index contributed by atoms with van der Waals surface area (Å²) in [5.74, 6) is 0.723. The molecule has 4 nitrogen and oxygen atoms in total. The Hall–Kier alpha value is -1.07. The second-order valence-electron chi connectivity index (χ2n) is 5.83. The first-order valence-electron chi connectivity index (χ1n) is 6.92. The Balaban J connectivity index is 2.30. The highest BCUT2D eigenvalue weighted by molar-refractivity contribution is 7.91. The maximum Gasteiger partial charge on any atom is 0.153 e. The van der Waals surface area contributed by atoms with E-state index in [1.54, 1.807) is 24.3 Å². The fraction of sp³-hybridized carbons (Fsp3) is 0.600. The summed E-state index contributed by atoms with van der Waals surface area (Å²) in [7, 11) is -3.27. The molecule has 1 saturated carbocycles. The summed E-state index contributed by atoms with van der Waals surface area (Å²) in [6, 6.07) is 7.10. The summed E-state index contributed by atoms with van der Waals surface area (Å²) in [6.45, 7) is 3.89. The molecule has 2 atom stereocenters. The summed E-state index contributed by atoms with van der Waals surface area (Å²) in [5, 5.41) is 10.1. The Labute approximate surface area is 120 Å². The average molecular weight is 298 g/mol. The van der Waals surface area contributed by atoms with Gasteiger partial charge in [0.25, 0.3) is 0 Å². The van der Waals surface area contributed by atoms with Gasteiger partial charge < -0.3 is 9.84 Å². The van der Waals surface area contributed by atoms with Crippen LogP contribution in [0, 0.1) is 0 Å². The van der Waals surface area contributed by atoms with Crippen LogP contribution in [0.5, 0.6) is 5.75 Å². The van der Waals surface area contributed by atoms with Crippen molar-refractivity contribution < 1.29 is 18.3 Å². The van der Waals surface area contributed by atoms with Crippen LogP contribution in [0.2, 0.25) is 0 Å². The van der Waals surface area contributed by atoms with Gasteiger partial charge in [-0.3, -0.25) is 0 Å². The zero-order valence-corrected chi connectivity index (χ0v) is 13.0. The summed E-state index contributed by atoms with van der Waals surface area (Å²) in [5.41, 5.74) is -0.620. The topological polar surface area (TPSA) is 63.6 Å². The van der Waals surface area contributed by atoms with Crippen LogP contribution in [-0.2, 0) is 15.4 Å². The second-order valence-corrected chi connectivity index (χ2v) is 8.05. The normalized spacial score (nSPS) is 26.9. The monoisotopic (exact) mass is 298 g/mol. The molecule has 1 N–H and O–H groups in total. The smallest absolute Gasteiger partial charge is 0.153 e. The van der Waals surface area contributed by atoms with Gasteiger partial charge in [0.05, 0.1) is 11.4 Å². The summed E-state index contributed by atoms with van der Waals surface area (Å²) >= 11 is 0. The molecule has 2 unspecified atom stereocenters. The van der Waals surface area contributed by atoms with Gasteiger partial charge >= 0.3 is 0 Å². The zero-order chi connectivity index (χ0) is 15.0. The highest BCUT2D eigenvalue weighted by Gasteiger charge is 2.47. The van der Waals surface area contributed by atoms with Crippen LogP contribution in [0.3, 0.4) is 0 Å². The average Bonchev–Trinajstić information content (AvgIpc) is 2.72. The van der Waals surface area contributed by atoms with Crippen molar-refractivity contribution in [3.05, 3.63) is 29.8 Å². The van der Waals surface area contributed by atoms with Gasteiger partial charge in [-0.15, -0.1) is 0 Å². The fourth-order valence-corrected chi connectivity index (χ4v) is 4.51. The zero-order valence-electron chi connectivity index (χ0n) is 12.2. The van der Waals surface area contributed by atoms with Gasteiger partial charge in [0, 0.05) is 6.26 Å². The number of sulfone groups is 1. The minimum atomic E-state index is -3.27. The molecule has 0 spiro atoms. The molecule has 2 rings (SSSR count). The van der Waals surface area contributed by atoms with Crippen LogP contribution in [0.25, 0.3) is 0 Å². The molecule has 0 aromatic heterocycles. The Morgan fingerprint density at radius 3 is 2.40 bits per heavy atom. The molecule has 0 saturated heterocycles. The molecule has 0 aliphatic heterocycles. The number of hydrogen-bond donors (Lipinski definition) is 1. The number of rotatable bonds is 4. The van der Waals surface area contributed by atoms with E-state index in [-0.39, 0.29) is 6.10 Å². The minimum absolute atomic E-state index is 0.0826. The van der Waals surface area contributed by atoms with Gasteiger partial charge in [0.1, 0.15) is 11.4 Å². The first-order valence-corrected chi connectivity index (χ1v) is 8.87. The van der Waals surface area contributed by atoms with E-state index in [9.17, 15) is 13.5 Å². The molecule has 1 aliphatic carbocycles. The van der Waals surface area contributed by atoms with Crippen LogP contribution in [0.1, 0.15) is 38.7 Å². The van der Waals surface area contributed by atoms with Gasteiger partial charge in [0.2, 0.25) is 0 Å². The molecule has 1 aromatic rings. The maximum absolute atomic E-state index is 11.9. The molecule has 112 valence electrons. The second kappa shape index (κ2) is 5.37. The van der Waals surface area contributed by atoms with Crippen molar-refractivity contribution in [3.63, 3.8) is 0 Å². The first-order chi connectivity index (χ1) is 9.23. The third-order valence-electron chi connectivity index (χ3n) is 3.80. The van der Waals surface area contributed by atoms with Crippen LogP contribution in [0.15, 0.2) is 24.3 Å². The number of hydrogen-bond acceptors (Lipinski definition) is 4. The van der Waals surface area contributed by atoms with E-state index in [4.69, 9.17) is 4.74 Å². The maximum atomic E-state index is 11.9. The van der Waals surface area contributed by atoms with E-state index in [2.05, 4.69) is 0 Å². The van der Waals surface area contributed by atoms with Gasteiger partial charge in [-0.1, -0.05) is 12.1 Å². The van der Waals surface area contributed by atoms with Crippen LogP contribution >= 0.6 is 0 Å². The Bertz CT molecular complexity index is 562. The van der Waals surface area contributed by atoms with Crippen molar-refractivity contribution in [1.29, 1.82) is 0 Å². The van der Waals surface area contributed by atoms with Crippen LogP contribution in [-0.4, -0.2) is 31.1 Å². The van der Waals surface area contributed by atoms with Crippen molar-refractivity contribution in [3.8, 4) is 5.75 Å². The first kappa shape index (κ1) is 15.3. The summed E-state index contributed by atoms with van der Waals surface area (Å²) in [6.07, 6.45) is 3.00. The Morgan fingerprint density at radius 1 is 1.30 bits per heavy atom. The number of ether oxygens (including phenoxy) is 1. The standard InChI is InChI=1S/C15H22O4S/c1-11(2)19-13-8-6-12(7-9-13)15(16)10-4-5-14(15)20(3,17)18/h6-9,11,14,16H,4-5,10H2,1-3H3. The molecule has 0 heterocycles. The Kier molecular flexibility index (Phi) is 4.12. The SMILES string of the molecule is CC(C)Oc1ccc(C2(O)CCCC2S(C)(=O)=O)cc1. The predicted octanol–water partition coefficient (Wildman–Crippen LogP) is 2.26. The molecule has 0 bridgehead atoms. The van der Waals surface area contributed by atoms with Gasteiger partial charge in [-0.2, -0.15) is 0 Å². The van der Waals surface area contributed by atoms with E-state index in [1.165, 1.54) is 6.26 Å². The lowest BCUT2D eigenvalue weighted by Gasteiger charge is -2.29. The largest absolute Gasteiger partial charge is 0.491 e. The molecule has 1 aromatic carbocycles. The lowest BCUT2D eigenvalue weighted by molar-refractivity contribution is 0.0476. The van der Waals surface area contributed by atoms with Crippen molar-refractivity contribution in [2.75, 3.05) is 6.26 Å². The van der Waals surface area contributed by atoms with Crippen molar-refractivity contribution >= 4 is 9.84 Å². The van der Waals surface area contributed by atoms with Gasteiger partial charge in [-0.25, -0.2) is 8.42 Å². The van der Waals surface area contributed by atoms with E-state index >= 15 is 0 Å². The molecule has 5 heteroatoms. The van der Waals surface area contributed by atoms with Crippen molar-refractivity contribution in [2.45, 2.75) is 50.1 Å². The predicted molar refractivity (Wildman–Crippen MR) is 78.6 cm³/mol. The molecule has 1 fully saturated rings. The Morgan fingerprint density at radius 2 is 1.90 bits per heavy atom. The number of aliphatic hydroxyl groups is 1. The molecule has 0 radical (unpaired) electrons. The van der Waals surface area contributed by atoms with Crippen LogP contribution in [0.4, 0.5) is 0 Å². The fourth-order valence-electron chi connectivity index (χ4n) is 2.95. The molecule has 0 amide bonds. The highest BCUT2D eigenvalue weighted by Crippen LogP contribution is 2.42. The highest BCUT2D eigenvalue weighted by atomic mass is 32.2. The van der Waals surface area contributed by atoms with Crippen molar-refractivity contribution in [2.24, 2.45) is 0 Å².